The van der Waals surface area contributed by atoms with Gasteiger partial charge >= 0.3 is 0 Å². The molecule has 1 aliphatic carbocycles. The molecule has 2 aliphatic rings. The van der Waals surface area contributed by atoms with E-state index in [1.807, 2.05) is 11.8 Å². The van der Waals surface area contributed by atoms with Gasteiger partial charge in [0.25, 0.3) is 0 Å². The van der Waals surface area contributed by atoms with E-state index in [0.29, 0.717) is 11.9 Å². The summed E-state index contributed by atoms with van der Waals surface area (Å²) in [4.78, 5) is 14.3. The average Bonchev–Trinajstić information content (AvgIpc) is 2.84. The van der Waals surface area contributed by atoms with Crippen LogP contribution < -0.4 is 0 Å². The second kappa shape index (κ2) is 5.17. The van der Waals surface area contributed by atoms with E-state index >= 15 is 0 Å². The third-order valence-electron chi connectivity index (χ3n) is 3.98. The van der Waals surface area contributed by atoms with Gasteiger partial charge in [0.1, 0.15) is 0 Å². The molecule has 1 heterocycles. The summed E-state index contributed by atoms with van der Waals surface area (Å²) in [5.41, 5.74) is 0. The van der Waals surface area contributed by atoms with E-state index in [1.165, 1.54) is 12.8 Å². The molecule has 1 aliphatic heterocycles. The number of rotatable bonds is 3. The van der Waals surface area contributed by atoms with Crippen LogP contribution >= 0.6 is 0 Å². The molecule has 1 amide bonds. The van der Waals surface area contributed by atoms with Gasteiger partial charge in [0.15, 0.2) is 0 Å². The Kier molecular flexibility index (Phi) is 3.85. The first-order valence-electron chi connectivity index (χ1n) is 6.67. The van der Waals surface area contributed by atoms with Gasteiger partial charge in [-0.2, -0.15) is 0 Å². The van der Waals surface area contributed by atoms with Gasteiger partial charge in [0.05, 0.1) is 6.10 Å². The van der Waals surface area contributed by atoms with Crippen LogP contribution in [-0.4, -0.2) is 34.6 Å². The molecule has 0 aromatic carbocycles. The second-order valence-electron chi connectivity index (χ2n) is 5.39. The van der Waals surface area contributed by atoms with Crippen LogP contribution in [0.25, 0.3) is 0 Å². The standard InChI is InChI=1S/C13H23NO2/c1-10(15)9-12-7-4-8-14(12)13(16)11-5-2-3-6-11/h10-12,15H,2-9H2,1H3. The summed E-state index contributed by atoms with van der Waals surface area (Å²) in [6, 6.07) is 0.299. The van der Waals surface area contributed by atoms with E-state index in [4.69, 9.17) is 0 Å². The van der Waals surface area contributed by atoms with E-state index in [2.05, 4.69) is 0 Å². The van der Waals surface area contributed by atoms with Crippen LogP contribution in [0.5, 0.6) is 0 Å². The van der Waals surface area contributed by atoms with E-state index < -0.39 is 0 Å². The van der Waals surface area contributed by atoms with Crippen molar-refractivity contribution in [3.05, 3.63) is 0 Å². The van der Waals surface area contributed by atoms with E-state index in [0.717, 1.165) is 38.6 Å². The zero-order valence-corrected chi connectivity index (χ0v) is 10.2. The van der Waals surface area contributed by atoms with Crippen LogP contribution in [0.2, 0.25) is 0 Å². The lowest BCUT2D eigenvalue weighted by Gasteiger charge is -2.28. The summed E-state index contributed by atoms with van der Waals surface area (Å²) < 4.78 is 0. The van der Waals surface area contributed by atoms with Crippen LogP contribution in [0.3, 0.4) is 0 Å². The maximum absolute atomic E-state index is 12.3. The van der Waals surface area contributed by atoms with Crippen LogP contribution in [0, 0.1) is 5.92 Å². The minimum absolute atomic E-state index is 0.287. The van der Waals surface area contributed by atoms with Crippen LogP contribution in [0.1, 0.15) is 51.9 Å². The summed E-state index contributed by atoms with van der Waals surface area (Å²) in [5.74, 6) is 0.648. The first kappa shape index (κ1) is 11.9. The molecule has 0 spiro atoms. The number of hydrogen-bond donors (Lipinski definition) is 1. The third-order valence-corrected chi connectivity index (χ3v) is 3.98. The topological polar surface area (TPSA) is 40.5 Å². The molecule has 0 aromatic heterocycles. The maximum atomic E-state index is 12.3. The lowest BCUT2D eigenvalue weighted by atomic mass is 10.0. The number of amides is 1. The van der Waals surface area contributed by atoms with Crippen molar-refractivity contribution in [1.29, 1.82) is 0 Å². The van der Waals surface area contributed by atoms with Crippen molar-refractivity contribution in [2.75, 3.05) is 6.54 Å². The quantitative estimate of drug-likeness (QED) is 0.797. The summed E-state index contributed by atoms with van der Waals surface area (Å²) in [5, 5.41) is 9.44. The highest BCUT2D eigenvalue weighted by Crippen LogP contribution is 2.30. The Bertz CT molecular complexity index is 246. The monoisotopic (exact) mass is 225 g/mol. The van der Waals surface area contributed by atoms with E-state index in [-0.39, 0.29) is 12.0 Å². The summed E-state index contributed by atoms with van der Waals surface area (Å²) >= 11 is 0. The van der Waals surface area contributed by atoms with Crippen molar-refractivity contribution in [3.63, 3.8) is 0 Å². The Morgan fingerprint density at radius 2 is 2.00 bits per heavy atom. The Hall–Kier alpha value is -0.570. The second-order valence-corrected chi connectivity index (χ2v) is 5.39. The minimum Gasteiger partial charge on any atom is -0.393 e. The molecule has 3 nitrogen and oxygen atoms in total. The van der Waals surface area contributed by atoms with Crippen LogP contribution in [-0.2, 0) is 4.79 Å². The van der Waals surface area contributed by atoms with Crippen molar-refractivity contribution in [2.45, 2.75) is 64.0 Å². The van der Waals surface area contributed by atoms with Gasteiger partial charge in [-0.1, -0.05) is 12.8 Å². The van der Waals surface area contributed by atoms with Gasteiger partial charge in [-0.05, 0) is 39.0 Å². The van der Waals surface area contributed by atoms with Gasteiger partial charge < -0.3 is 10.0 Å². The lowest BCUT2D eigenvalue weighted by Crippen LogP contribution is -2.40. The number of nitrogens with zero attached hydrogens (tertiary/aromatic N) is 1. The molecule has 2 fully saturated rings. The van der Waals surface area contributed by atoms with Crippen molar-refractivity contribution in [2.24, 2.45) is 5.92 Å². The highest BCUT2D eigenvalue weighted by Gasteiger charge is 2.34. The van der Waals surface area contributed by atoms with Gasteiger partial charge in [-0.15, -0.1) is 0 Å². The largest absolute Gasteiger partial charge is 0.393 e. The molecule has 16 heavy (non-hydrogen) atoms. The zero-order valence-electron chi connectivity index (χ0n) is 10.2. The van der Waals surface area contributed by atoms with Gasteiger partial charge in [-0.3, -0.25) is 4.79 Å². The van der Waals surface area contributed by atoms with E-state index in [1.54, 1.807) is 0 Å². The van der Waals surface area contributed by atoms with Crippen molar-refractivity contribution in [1.82, 2.24) is 4.90 Å². The molecule has 1 saturated carbocycles. The molecule has 2 atom stereocenters. The zero-order chi connectivity index (χ0) is 11.5. The van der Waals surface area contributed by atoms with Gasteiger partial charge in [0, 0.05) is 18.5 Å². The fourth-order valence-corrected chi connectivity index (χ4v) is 3.17. The molecule has 1 N–H and O–H groups in total. The van der Waals surface area contributed by atoms with Crippen LogP contribution in [0.4, 0.5) is 0 Å². The Morgan fingerprint density at radius 3 is 2.62 bits per heavy atom. The predicted molar refractivity (Wildman–Crippen MR) is 63.0 cm³/mol. The van der Waals surface area contributed by atoms with Crippen molar-refractivity contribution >= 4 is 5.91 Å². The minimum atomic E-state index is -0.290. The number of carbonyl (C=O) groups excluding carboxylic acids is 1. The number of aliphatic hydroxyl groups excluding tert-OH is 1. The Morgan fingerprint density at radius 1 is 1.31 bits per heavy atom. The molecule has 92 valence electrons. The molecule has 2 rings (SSSR count). The molecule has 2 unspecified atom stereocenters. The summed E-state index contributed by atoms with van der Waals surface area (Å²) in [6.45, 7) is 2.73. The van der Waals surface area contributed by atoms with Crippen molar-refractivity contribution in [3.8, 4) is 0 Å². The molecule has 0 bridgehead atoms. The first-order chi connectivity index (χ1) is 7.68. The number of carbonyl (C=O) groups is 1. The Balaban J connectivity index is 1.93. The Labute approximate surface area is 97.8 Å². The molecule has 0 aromatic rings. The molecule has 0 radical (unpaired) electrons. The third kappa shape index (κ3) is 2.57. The normalized spacial score (nSPS) is 28.6. The fraction of sp³-hybridized carbons (Fsp3) is 0.923. The van der Waals surface area contributed by atoms with E-state index in [9.17, 15) is 9.90 Å². The summed E-state index contributed by atoms with van der Waals surface area (Å²) in [6.07, 6.45) is 7.23. The predicted octanol–water partition coefficient (Wildman–Crippen LogP) is 1.94. The fourth-order valence-electron chi connectivity index (χ4n) is 3.17. The van der Waals surface area contributed by atoms with Gasteiger partial charge in [0.2, 0.25) is 5.91 Å². The van der Waals surface area contributed by atoms with Gasteiger partial charge in [-0.25, -0.2) is 0 Å². The molecular weight excluding hydrogens is 202 g/mol. The molecular formula is C13H23NO2. The highest BCUT2D eigenvalue weighted by molar-refractivity contribution is 5.79. The SMILES string of the molecule is CC(O)CC1CCCN1C(=O)C1CCCC1. The molecule has 3 heteroatoms. The lowest BCUT2D eigenvalue weighted by molar-refractivity contribution is -0.136. The summed E-state index contributed by atoms with van der Waals surface area (Å²) in [7, 11) is 0. The van der Waals surface area contributed by atoms with Crippen molar-refractivity contribution < 1.29 is 9.90 Å². The smallest absolute Gasteiger partial charge is 0.225 e. The number of aliphatic hydroxyl groups is 1. The first-order valence-corrected chi connectivity index (χ1v) is 6.67. The maximum Gasteiger partial charge on any atom is 0.225 e. The van der Waals surface area contributed by atoms with Crippen LogP contribution in [0.15, 0.2) is 0 Å². The number of hydrogen-bond acceptors (Lipinski definition) is 2. The molecule has 1 saturated heterocycles. The average molecular weight is 225 g/mol. The highest BCUT2D eigenvalue weighted by atomic mass is 16.3. The number of likely N-dealkylation sites (tertiary alicyclic amines) is 1.